The Hall–Kier alpha value is -1.59. The van der Waals surface area contributed by atoms with Crippen molar-refractivity contribution in [2.75, 3.05) is 0 Å². The van der Waals surface area contributed by atoms with Crippen molar-refractivity contribution >= 4 is 17.9 Å². The summed E-state index contributed by atoms with van der Waals surface area (Å²) in [6, 6.07) is -0.427. The average molecular weight is 322 g/mol. The molecule has 2 atom stereocenters. The molecular formula is C17H26N2O4. The van der Waals surface area contributed by atoms with Crippen molar-refractivity contribution in [1.82, 2.24) is 10.6 Å². The van der Waals surface area contributed by atoms with Crippen LogP contribution in [0.3, 0.4) is 0 Å². The fourth-order valence-electron chi connectivity index (χ4n) is 4.27. The summed E-state index contributed by atoms with van der Waals surface area (Å²) >= 11 is 0. The van der Waals surface area contributed by atoms with Gasteiger partial charge in [-0.15, -0.1) is 0 Å². The number of esters is 1. The third-order valence-electron chi connectivity index (χ3n) is 5.82. The summed E-state index contributed by atoms with van der Waals surface area (Å²) in [5.74, 6) is -0.0320. The highest BCUT2D eigenvalue weighted by molar-refractivity contribution is 6.07. The van der Waals surface area contributed by atoms with E-state index >= 15 is 0 Å². The van der Waals surface area contributed by atoms with Gasteiger partial charge in [0.05, 0.1) is 5.92 Å². The van der Waals surface area contributed by atoms with Crippen LogP contribution in [0.15, 0.2) is 0 Å². The lowest BCUT2D eigenvalue weighted by atomic mass is 9.76. The van der Waals surface area contributed by atoms with Crippen LogP contribution in [0.4, 0.5) is 4.79 Å². The van der Waals surface area contributed by atoms with Crippen molar-refractivity contribution in [2.24, 2.45) is 11.8 Å². The van der Waals surface area contributed by atoms with E-state index in [0.717, 1.165) is 25.7 Å². The van der Waals surface area contributed by atoms with E-state index in [9.17, 15) is 14.4 Å². The van der Waals surface area contributed by atoms with Gasteiger partial charge < -0.3 is 10.1 Å². The van der Waals surface area contributed by atoms with Gasteiger partial charge >= 0.3 is 12.0 Å². The number of nitrogens with one attached hydrogen (secondary N) is 2. The van der Waals surface area contributed by atoms with E-state index in [1.807, 2.05) is 0 Å². The molecule has 0 aromatic carbocycles. The van der Waals surface area contributed by atoms with E-state index in [4.69, 9.17) is 4.74 Å². The van der Waals surface area contributed by atoms with Gasteiger partial charge in [-0.2, -0.15) is 0 Å². The summed E-state index contributed by atoms with van der Waals surface area (Å²) < 4.78 is 5.81. The molecule has 128 valence electrons. The van der Waals surface area contributed by atoms with Crippen molar-refractivity contribution in [3.63, 3.8) is 0 Å². The van der Waals surface area contributed by atoms with Crippen LogP contribution in [0.1, 0.15) is 64.7 Å². The molecular weight excluding hydrogens is 296 g/mol. The third-order valence-corrected chi connectivity index (χ3v) is 5.82. The SMILES string of the molecule is CC[C@@H]1CCCC[C@@H]1OC(=O)C1CCC2(CC1)NC(=O)NC2=O. The molecule has 2 N–H and O–H groups in total. The first-order valence-corrected chi connectivity index (χ1v) is 8.88. The van der Waals surface area contributed by atoms with E-state index in [-0.39, 0.29) is 23.9 Å². The van der Waals surface area contributed by atoms with E-state index in [1.54, 1.807) is 0 Å². The van der Waals surface area contributed by atoms with Gasteiger partial charge in [0, 0.05) is 0 Å². The second-order valence-corrected chi connectivity index (χ2v) is 7.19. The minimum atomic E-state index is -0.801. The molecule has 23 heavy (non-hydrogen) atoms. The van der Waals surface area contributed by atoms with Gasteiger partial charge in [0.2, 0.25) is 0 Å². The molecule has 2 aliphatic carbocycles. The Kier molecular flexibility index (Phi) is 4.60. The first kappa shape index (κ1) is 16.3. The smallest absolute Gasteiger partial charge is 0.322 e. The highest BCUT2D eigenvalue weighted by Gasteiger charge is 2.49. The minimum absolute atomic E-state index is 0.0617. The summed E-state index contributed by atoms with van der Waals surface area (Å²) in [5.41, 5.74) is -0.801. The van der Waals surface area contributed by atoms with Gasteiger partial charge in [0.25, 0.3) is 5.91 Å². The van der Waals surface area contributed by atoms with Crippen LogP contribution in [0.2, 0.25) is 0 Å². The van der Waals surface area contributed by atoms with Crippen molar-refractivity contribution in [1.29, 1.82) is 0 Å². The van der Waals surface area contributed by atoms with E-state index in [2.05, 4.69) is 17.6 Å². The molecule has 3 amide bonds. The van der Waals surface area contributed by atoms with E-state index in [1.165, 1.54) is 6.42 Å². The van der Waals surface area contributed by atoms with Gasteiger partial charge in [0.1, 0.15) is 11.6 Å². The van der Waals surface area contributed by atoms with Crippen LogP contribution in [0.5, 0.6) is 0 Å². The van der Waals surface area contributed by atoms with Gasteiger partial charge in [-0.25, -0.2) is 4.79 Å². The fourth-order valence-corrected chi connectivity index (χ4v) is 4.27. The molecule has 1 heterocycles. The molecule has 0 unspecified atom stereocenters. The number of hydrogen-bond acceptors (Lipinski definition) is 4. The second-order valence-electron chi connectivity index (χ2n) is 7.19. The predicted octanol–water partition coefficient (Wildman–Crippen LogP) is 2.27. The Morgan fingerprint density at radius 1 is 1.17 bits per heavy atom. The molecule has 6 nitrogen and oxygen atoms in total. The number of imide groups is 1. The largest absolute Gasteiger partial charge is 0.462 e. The Balaban J connectivity index is 1.54. The molecule has 3 aliphatic rings. The van der Waals surface area contributed by atoms with Crippen molar-refractivity contribution in [3.05, 3.63) is 0 Å². The van der Waals surface area contributed by atoms with Crippen molar-refractivity contribution in [2.45, 2.75) is 76.4 Å². The Morgan fingerprint density at radius 3 is 2.48 bits per heavy atom. The number of hydrogen-bond donors (Lipinski definition) is 2. The second kappa shape index (κ2) is 6.49. The van der Waals surface area contributed by atoms with Crippen LogP contribution in [0, 0.1) is 11.8 Å². The lowest BCUT2D eigenvalue weighted by Crippen LogP contribution is -2.50. The molecule has 0 aromatic rings. The first-order valence-electron chi connectivity index (χ1n) is 8.88. The van der Waals surface area contributed by atoms with Gasteiger partial charge in [-0.3, -0.25) is 14.9 Å². The number of carbonyl (C=O) groups excluding carboxylic acids is 3. The zero-order chi connectivity index (χ0) is 16.4. The molecule has 1 aliphatic heterocycles. The Bertz CT molecular complexity index is 497. The van der Waals surface area contributed by atoms with Gasteiger partial charge in [-0.05, 0) is 57.3 Å². The molecule has 3 rings (SSSR count). The first-order chi connectivity index (χ1) is 11.0. The van der Waals surface area contributed by atoms with Crippen molar-refractivity contribution < 1.29 is 19.1 Å². The average Bonchev–Trinajstić information content (AvgIpc) is 2.82. The Labute approximate surface area is 136 Å². The number of ether oxygens (including phenoxy) is 1. The summed E-state index contributed by atoms with van der Waals surface area (Å²) in [5, 5.41) is 5.02. The minimum Gasteiger partial charge on any atom is -0.462 e. The number of amides is 3. The maximum atomic E-state index is 12.5. The molecule has 0 radical (unpaired) electrons. The summed E-state index contributed by atoms with van der Waals surface area (Å²) in [7, 11) is 0. The summed E-state index contributed by atoms with van der Waals surface area (Å²) in [6.07, 6.45) is 7.80. The molecule has 0 aromatic heterocycles. The molecule has 3 fully saturated rings. The standard InChI is InChI=1S/C17H26N2O4/c1-2-11-5-3-4-6-13(11)23-14(20)12-7-9-17(10-8-12)15(21)18-16(22)19-17/h11-13H,2-10H2,1H3,(H2,18,19,21,22)/t11-,12?,13+,17?/m1/s1. The van der Waals surface area contributed by atoms with Gasteiger partial charge in [0.15, 0.2) is 0 Å². The monoisotopic (exact) mass is 322 g/mol. The topological polar surface area (TPSA) is 84.5 Å². The van der Waals surface area contributed by atoms with E-state index in [0.29, 0.717) is 31.6 Å². The van der Waals surface area contributed by atoms with E-state index < -0.39 is 11.6 Å². The zero-order valence-electron chi connectivity index (χ0n) is 13.7. The molecule has 6 heteroatoms. The molecule has 1 spiro atoms. The van der Waals surface area contributed by atoms with Crippen LogP contribution < -0.4 is 10.6 Å². The quantitative estimate of drug-likeness (QED) is 0.616. The highest BCUT2D eigenvalue weighted by Crippen LogP contribution is 2.36. The highest BCUT2D eigenvalue weighted by atomic mass is 16.5. The third kappa shape index (κ3) is 3.21. The number of rotatable bonds is 3. The predicted molar refractivity (Wildman–Crippen MR) is 83.5 cm³/mol. The van der Waals surface area contributed by atoms with Crippen LogP contribution >= 0.6 is 0 Å². The van der Waals surface area contributed by atoms with Gasteiger partial charge in [-0.1, -0.05) is 13.3 Å². The van der Waals surface area contributed by atoms with Crippen LogP contribution in [0.25, 0.3) is 0 Å². The molecule has 0 bridgehead atoms. The summed E-state index contributed by atoms with van der Waals surface area (Å²) in [4.78, 5) is 35.7. The number of urea groups is 1. The lowest BCUT2D eigenvalue weighted by molar-refractivity contribution is -0.160. The molecule has 2 saturated carbocycles. The normalized spacial score (nSPS) is 37.3. The maximum absolute atomic E-state index is 12.5. The van der Waals surface area contributed by atoms with Crippen molar-refractivity contribution in [3.8, 4) is 0 Å². The fraction of sp³-hybridized carbons (Fsp3) is 0.824. The maximum Gasteiger partial charge on any atom is 0.322 e. The molecule has 1 saturated heterocycles. The lowest BCUT2D eigenvalue weighted by Gasteiger charge is -2.35. The van der Waals surface area contributed by atoms with Crippen LogP contribution in [-0.2, 0) is 14.3 Å². The number of carbonyl (C=O) groups is 3. The zero-order valence-corrected chi connectivity index (χ0v) is 13.7. The van der Waals surface area contributed by atoms with Crippen LogP contribution in [-0.4, -0.2) is 29.6 Å². The Morgan fingerprint density at radius 2 is 1.87 bits per heavy atom. The summed E-state index contributed by atoms with van der Waals surface area (Å²) in [6.45, 7) is 2.16.